The molecule has 0 aromatic heterocycles. The zero-order valence-electron chi connectivity index (χ0n) is 21.2. The minimum Gasteiger partial charge on any atom is -0.481 e. The van der Waals surface area contributed by atoms with Crippen LogP contribution in [-0.2, 0) is 33.3 Å². The van der Waals surface area contributed by atoms with Crippen LogP contribution in [-0.4, -0.2) is 46.5 Å². The molecule has 6 nitrogen and oxygen atoms in total. The van der Waals surface area contributed by atoms with Gasteiger partial charge in [0.15, 0.2) is 5.71 Å². The molecule has 2 aromatic rings. The molecule has 0 atom stereocenters. The first-order valence-electron chi connectivity index (χ1n) is 11.8. The van der Waals surface area contributed by atoms with Crippen molar-refractivity contribution < 1.29 is 24.4 Å². The second kappa shape index (κ2) is 8.52. The average molecular weight is 474 g/mol. The summed E-state index contributed by atoms with van der Waals surface area (Å²) in [6, 6.07) is 11.8. The standard InChI is InChI=1S/C29H32N2O4/c1-28(2)20-14-18(16-26(32)33)10-12-22(20)30(5)24(28)8-7-9-25-29(3,4)21-15-19(17-27(34)35)11-13-23(21)31(25)6/h7-15H,16-17H2,1-6H3,(H-,32,33,34,35)/p+1. The Bertz CT molecular complexity index is 1330. The number of allylic oxidation sites excluding steroid dienone is 4. The fourth-order valence-corrected chi connectivity index (χ4v) is 5.57. The van der Waals surface area contributed by atoms with Crippen LogP contribution in [0.5, 0.6) is 0 Å². The molecule has 4 rings (SSSR count). The first-order chi connectivity index (χ1) is 16.3. The zero-order valence-corrected chi connectivity index (χ0v) is 21.2. The van der Waals surface area contributed by atoms with Crippen molar-refractivity contribution in [1.82, 2.24) is 0 Å². The molecule has 0 fully saturated rings. The largest absolute Gasteiger partial charge is 0.481 e. The van der Waals surface area contributed by atoms with Crippen molar-refractivity contribution in [1.29, 1.82) is 0 Å². The highest BCUT2D eigenvalue weighted by molar-refractivity contribution is 6.03. The van der Waals surface area contributed by atoms with Crippen LogP contribution in [0.1, 0.15) is 49.9 Å². The topological polar surface area (TPSA) is 80.8 Å². The summed E-state index contributed by atoms with van der Waals surface area (Å²) in [5, 5.41) is 18.4. The number of fused-ring (bicyclic) bond motifs is 2. The third-order valence-electron chi connectivity index (χ3n) is 7.41. The minimum absolute atomic E-state index is 0.0144. The smallest absolute Gasteiger partial charge is 0.307 e. The van der Waals surface area contributed by atoms with Crippen LogP contribution >= 0.6 is 0 Å². The van der Waals surface area contributed by atoms with Gasteiger partial charge in [0.1, 0.15) is 7.05 Å². The van der Waals surface area contributed by atoms with Crippen molar-refractivity contribution in [2.45, 2.75) is 51.4 Å². The number of carboxylic acids is 2. The van der Waals surface area contributed by atoms with E-state index in [2.05, 4.69) is 55.4 Å². The maximum absolute atomic E-state index is 11.2. The van der Waals surface area contributed by atoms with Gasteiger partial charge in [-0.2, -0.15) is 4.58 Å². The lowest BCUT2D eigenvalue weighted by Crippen LogP contribution is -2.27. The third kappa shape index (κ3) is 4.18. The highest BCUT2D eigenvalue weighted by Crippen LogP contribution is 2.47. The number of hydrogen-bond acceptors (Lipinski definition) is 3. The number of likely N-dealkylation sites (N-methyl/N-ethyl adjacent to an activating group) is 1. The van der Waals surface area contributed by atoms with E-state index < -0.39 is 11.9 Å². The van der Waals surface area contributed by atoms with Crippen LogP contribution in [0.25, 0.3) is 0 Å². The number of carbonyl (C=O) groups is 2. The van der Waals surface area contributed by atoms with E-state index in [9.17, 15) is 19.8 Å². The molecule has 2 aliphatic heterocycles. The van der Waals surface area contributed by atoms with Crippen molar-refractivity contribution in [3.8, 4) is 0 Å². The number of benzene rings is 2. The van der Waals surface area contributed by atoms with Crippen LogP contribution in [0, 0.1) is 0 Å². The molecule has 0 unspecified atom stereocenters. The number of hydrogen-bond donors (Lipinski definition) is 2. The normalized spacial score (nSPS) is 18.9. The average Bonchev–Trinajstić information content (AvgIpc) is 3.06. The molecule has 2 N–H and O–H groups in total. The summed E-state index contributed by atoms with van der Waals surface area (Å²) in [5.74, 6) is -1.66. The van der Waals surface area contributed by atoms with E-state index in [4.69, 9.17) is 0 Å². The van der Waals surface area contributed by atoms with E-state index in [1.54, 1.807) is 0 Å². The van der Waals surface area contributed by atoms with Gasteiger partial charge >= 0.3 is 11.9 Å². The van der Waals surface area contributed by atoms with Gasteiger partial charge in [-0.1, -0.05) is 38.1 Å². The number of nitrogens with zero attached hydrogens (tertiary/aromatic N) is 2. The number of aliphatic carboxylic acids is 2. The van der Waals surface area contributed by atoms with Gasteiger partial charge in [-0.05, 0) is 48.7 Å². The molecule has 6 heteroatoms. The Morgan fingerprint density at radius 1 is 0.914 bits per heavy atom. The molecule has 0 spiro atoms. The van der Waals surface area contributed by atoms with Gasteiger partial charge < -0.3 is 15.1 Å². The van der Waals surface area contributed by atoms with E-state index in [0.29, 0.717) is 0 Å². The molecule has 182 valence electrons. The maximum Gasteiger partial charge on any atom is 0.307 e. The lowest BCUT2D eigenvalue weighted by Gasteiger charge is -2.23. The van der Waals surface area contributed by atoms with Crippen LogP contribution in [0.4, 0.5) is 11.4 Å². The lowest BCUT2D eigenvalue weighted by molar-refractivity contribution is -0.401. The Labute approximate surface area is 206 Å². The molecule has 0 amide bonds. The Morgan fingerprint density at radius 2 is 1.49 bits per heavy atom. The van der Waals surface area contributed by atoms with E-state index in [0.717, 1.165) is 45.0 Å². The Hall–Kier alpha value is -3.67. The third-order valence-corrected chi connectivity index (χ3v) is 7.41. The van der Waals surface area contributed by atoms with Crippen molar-refractivity contribution >= 4 is 29.0 Å². The molecule has 0 bridgehead atoms. The number of anilines is 1. The summed E-state index contributed by atoms with van der Waals surface area (Å²) in [4.78, 5) is 24.6. The van der Waals surface area contributed by atoms with Crippen molar-refractivity contribution in [3.63, 3.8) is 0 Å². The van der Waals surface area contributed by atoms with Gasteiger partial charge in [-0.25, -0.2) is 0 Å². The van der Waals surface area contributed by atoms with Gasteiger partial charge in [0, 0.05) is 41.6 Å². The van der Waals surface area contributed by atoms with Crippen LogP contribution in [0.2, 0.25) is 0 Å². The van der Waals surface area contributed by atoms with E-state index in [1.165, 1.54) is 0 Å². The van der Waals surface area contributed by atoms with Crippen molar-refractivity contribution in [2.24, 2.45) is 0 Å². The Morgan fingerprint density at radius 3 is 2.09 bits per heavy atom. The van der Waals surface area contributed by atoms with Crippen LogP contribution in [0.15, 0.2) is 60.3 Å². The first-order valence-corrected chi connectivity index (χ1v) is 11.8. The van der Waals surface area contributed by atoms with Crippen LogP contribution in [0.3, 0.4) is 0 Å². The van der Waals surface area contributed by atoms with Crippen molar-refractivity contribution in [2.75, 3.05) is 19.0 Å². The molecule has 0 aliphatic carbocycles. The van der Waals surface area contributed by atoms with Gasteiger partial charge in [-0.3, -0.25) is 9.59 Å². The monoisotopic (exact) mass is 473 g/mol. The predicted octanol–water partition coefficient (Wildman–Crippen LogP) is 4.81. The summed E-state index contributed by atoms with van der Waals surface area (Å²) in [6.07, 6.45) is 6.37. The quantitative estimate of drug-likeness (QED) is 0.589. The van der Waals surface area contributed by atoms with Gasteiger partial charge in [0.2, 0.25) is 5.69 Å². The zero-order chi connectivity index (χ0) is 25.7. The molecule has 2 aromatic carbocycles. The van der Waals surface area contributed by atoms with Gasteiger partial charge in [0.25, 0.3) is 0 Å². The lowest BCUT2D eigenvalue weighted by atomic mass is 9.80. The summed E-state index contributed by atoms with van der Waals surface area (Å²) in [7, 11) is 4.09. The maximum atomic E-state index is 11.2. The first kappa shape index (κ1) is 24.5. The highest BCUT2D eigenvalue weighted by Gasteiger charge is 2.43. The second-order valence-electron chi connectivity index (χ2n) is 10.5. The molecule has 0 radical (unpaired) electrons. The highest BCUT2D eigenvalue weighted by atomic mass is 16.4. The molecular formula is C29H33N2O4+. The molecular weight excluding hydrogens is 440 g/mol. The number of rotatable bonds is 6. The fraction of sp³-hybridized carbons (Fsp3) is 0.345. The Kier molecular flexibility index (Phi) is 5.95. The molecule has 0 saturated heterocycles. The van der Waals surface area contributed by atoms with E-state index >= 15 is 0 Å². The number of carboxylic acid groups (broad SMARTS) is 2. The molecule has 2 aliphatic rings. The minimum atomic E-state index is -0.829. The summed E-state index contributed by atoms with van der Waals surface area (Å²) < 4.78 is 2.17. The van der Waals surface area contributed by atoms with E-state index in [-0.39, 0.29) is 23.7 Å². The van der Waals surface area contributed by atoms with Crippen molar-refractivity contribution in [3.05, 3.63) is 82.6 Å². The predicted molar refractivity (Wildman–Crippen MR) is 138 cm³/mol. The fourth-order valence-electron chi connectivity index (χ4n) is 5.57. The van der Waals surface area contributed by atoms with Gasteiger partial charge in [-0.15, -0.1) is 0 Å². The molecule has 35 heavy (non-hydrogen) atoms. The van der Waals surface area contributed by atoms with Crippen LogP contribution < -0.4 is 4.90 Å². The SMILES string of the molecule is CN1C(=CC=CC2=[N+](C)c3ccc(CC(=O)O)cc3C2(C)C)C(C)(C)c2cc(CC(=O)O)ccc21. The molecule has 0 saturated carbocycles. The summed E-state index contributed by atoms with van der Waals surface area (Å²) in [6.45, 7) is 8.66. The summed E-state index contributed by atoms with van der Waals surface area (Å²) in [5.41, 5.74) is 7.79. The summed E-state index contributed by atoms with van der Waals surface area (Å²) >= 11 is 0. The second-order valence-corrected chi connectivity index (χ2v) is 10.5. The van der Waals surface area contributed by atoms with E-state index in [1.807, 2.05) is 50.5 Å². The Balaban J connectivity index is 1.65. The van der Waals surface area contributed by atoms with Gasteiger partial charge in [0.05, 0.1) is 18.3 Å². The molecule has 2 heterocycles.